The molecule has 5 nitrogen and oxygen atoms in total. The summed E-state index contributed by atoms with van der Waals surface area (Å²) in [6, 6.07) is 12.8. The van der Waals surface area contributed by atoms with Crippen molar-refractivity contribution in [2.24, 2.45) is 0 Å². The van der Waals surface area contributed by atoms with E-state index in [4.69, 9.17) is 5.11 Å². The van der Waals surface area contributed by atoms with Crippen LogP contribution in [0.15, 0.2) is 53.8 Å². The molecule has 0 saturated heterocycles. The van der Waals surface area contributed by atoms with E-state index in [1.54, 1.807) is 24.3 Å². The molecule has 3 aromatic rings. The molecule has 2 heterocycles. The Morgan fingerprint density at radius 3 is 2.95 bits per heavy atom. The molecule has 112 valence electrons. The number of hydrogen-bond donors (Lipinski definition) is 2. The Kier molecular flexibility index (Phi) is 4.13. The molecule has 0 unspecified atom stereocenters. The highest BCUT2D eigenvalue weighted by Crippen LogP contribution is 2.21. The van der Waals surface area contributed by atoms with Crippen molar-refractivity contribution >= 4 is 28.9 Å². The molecule has 0 radical (unpaired) electrons. The van der Waals surface area contributed by atoms with Gasteiger partial charge in [0, 0.05) is 11.9 Å². The lowest BCUT2D eigenvalue weighted by Gasteiger charge is -2.05. The van der Waals surface area contributed by atoms with Crippen molar-refractivity contribution in [3.05, 3.63) is 59.9 Å². The molecule has 3 rings (SSSR count). The summed E-state index contributed by atoms with van der Waals surface area (Å²) in [6.45, 7) is -0.0618. The van der Waals surface area contributed by atoms with Crippen molar-refractivity contribution in [1.29, 1.82) is 0 Å². The van der Waals surface area contributed by atoms with Crippen LogP contribution in [0.25, 0.3) is 5.52 Å². The third kappa shape index (κ3) is 2.70. The first-order chi connectivity index (χ1) is 10.7. The predicted molar refractivity (Wildman–Crippen MR) is 87.3 cm³/mol. The highest BCUT2D eigenvalue weighted by molar-refractivity contribution is 7.98. The van der Waals surface area contributed by atoms with Crippen LogP contribution in [0.3, 0.4) is 0 Å². The van der Waals surface area contributed by atoms with Crippen LogP contribution < -0.4 is 5.32 Å². The Balaban J connectivity index is 1.95. The monoisotopic (exact) mass is 313 g/mol. The van der Waals surface area contributed by atoms with E-state index in [0.29, 0.717) is 11.4 Å². The third-order valence-electron chi connectivity index (χ3n) is 3.28. The van der Waals surface area contributed by atoms with E-state index in [2.05, 4.69) is 10.3 Å². The van der Waals surface area contributed by atoms with Crippen LogP contribution in [0.2, 0.25) is 0 Å². The quantitative estimate of drug-likeness (QED) is 0.727. The summed E-state index contributed by atoms with van der Waals surface area (Å²) in [5.74, 6) is -0.265. The number of benzene rings is 1. The lowest BCUT2D eigenvalue weighted by molar-refractivity contribution is 0.102. The van der Waals surface area contributed by atoms with Crippen LogP contribution >= 0.6 is 11.8 Å². The lowest BCUT2D eigenvalue weighted by atomic mass is 10.2. The lowest BCUT2D eigenvalue weighted by Crippen LogP contribution is -2.13. The molecule has 1 aromatic carbocycles. The summed E-state index contributed by atoms with van der Waals surface area (Å²) in [5.41, 5.74) is 2.54. The number of pyridine rings is 1. The third-order valence-corrected chi connectivity index (χ3v) is 3.93. The van der Waals surface area contributed by atoms with E-state index in [0.717, 1.165) is 16.2 Å². The minimum atomic E-state index is -0.265. The normalized spacial score (nSPS) is 10.8. The summed E-state index contributed by atoms with van der Waals surface area (Å²) >= 11 is 1.49. The fourth-order valence-corrected chi connectivity index (χ4v) is 2.80. The van der Waals surface area contributed by atoms with Gasteiger partial charge in [0.25, 0.3) is 5.91 Å². The number of nitrogens with zero attached hydrogens (tertiary/aromatic N) is 2. The number of anilines is 1. The minimum Gasteiger partial charge on any atom is -0.392 e. The predicted octanol–water partition coefficient (Wildman–Crippen LogP) is 2.80. The van der Waals surface area contributed by atoms with Crippen LogP contribution in [-0.4, -0.2) is 26.7 Å². The van der Waals surface area contributed by atoms with Gasteiger partial charge in [-0.3, -0.25) is 9.20 Å². The topological polar surface area (TPSA) is 66.6 Å². The van der Waals surface area contributed by atoms with Crippen LogP contribution in [0.4, 0.5) is 5.69 Å². The summed E-state index contributed by atoms with van der Waals surface area (Å²) < 4.78 is 1.89. The molecule has 22 heavy (non-hydrogen) atoms. The van der Waals surface area contributed by atoms with Gasteiger partial charge in [-0.05, 0) is 36.1 Å². The summed E-state index contributed by atoms with van der Waals surface area (Å²) in [6.07, 6.45) is 3.81. The number of amides is 1. The van der Waals surface area contributed by atoms with Gasteiger partial charge < -0.3 is 10.4 Å². The second-order valence-corrected chi connectivity index (χ2v) is 5.49. The number of aliphatic hydroxyl groups is 1. The zero-order chi connectivity index (χ0) is 15.5. The Hall–Kier alpha value is -2.31. The fourth-order valence-electron chi connectivity index (χ4n) is 2.26. The molecule has 0 bridgehead atoms. The number of fused-ring (bicyclic) bond motifs is 1. The van der Waals surface area contributed by atoms with E-state index >= 15 is 0 Å². The van der Waals surface area contributed by atoms with Gasteiger partial charge in [0.1, 0.15) is 0 Å². The molecular weight excluding hydrogens is 298 g/mol. The van der Waals surface area contributed by atoms with E-state index < -0.39 is 0 Å². The van der Waals surface area contributed by atoms with Crippen molar-refractivity contribution in [2.75, 3.05) is 11.6 Å². The zero-order valence-corrected chi connectivity index (χ0v) is 12.8. The maximum atomic E-state index is 12.5. The van der Waals surface area contributed by atoms with Gasteiger partial charge in [-0.1, -0.05) is 30.0 Å². The highest BCUT2D eigenvalue weighted by atomic mass is 32.2. The summed E-state index contributed by atoms with van der Waals surface area (Å²) in [4.78, 5) is 16.9. The molecule has 0 saturated carbocycles. The van der Waals surface area contributed by atoms with Crippen molar-refractivity contribution in [1.82, 2.24) is 9.38 Å². The van der Waals surface area contributed by atoms with Gasteiger partial charge in [-0.2, -0.15) is 0 Å². The van der Waals surface area contributed by atoms with Crippen molar-refractivity contribution in [3.63, 3.8) is 0 Å². The first-order valence-electron chi connectivity index (χ1n) is 6.75. The van der Waals surface area contributed by atoms with E-state index in [1.807, 2.05) is 35.1 Å². The van der Waals surface area contributed by atoms with Gasteiger partial charge in [0.2, 0.25) is 0 Å². The average Bonchev–Trinajstić information content (AvgIpc) is 2.94. The molecule has 0 aliphatic rings. The van der Waals surface area contributed by atoms with E-state index in [1.165, 1.54) is 11.8 Å². The smallest absolute Gasteiger partial charge is 0.276 e. The van der Waals surface area contributed by atoms with Gasteiger partial charge >= 0.3 is 0 Å². The number of hydrogen-bond acceptors (Lipinski definition) is 4. The van der Waals surface area contributed by atoms with Crippen LogP contribution in [0.1, 0.15) is 16.1 Å². The SMILES string of the molecule is CSc1nc(C(=O)Nc2cccc(CO)c2)c2ccccn12. The Bertz CT molecular complexity index is 829. The number of rotatable bonds is 4. The van der Waals surface area contributed by atoms with Crippen molar-refractivity contribution in [3.8, 4) is 0 Å². The Labute approximate surface area is 132 Å². The molecule has 1 amide bonds. The van der Waals surface area contributed by atoms with E-state index in [9.17, 15) is 4.79 Å². The molecule has 2 aromatic heterocycles. The van der Waals surface area contributed by atoms with Gasteiger partial charge in [-0.25, -0.2) is 4.98 Å². The molecule has 0 atom stereocenters. The minimum absolute atomic E-state index is 0.0618. The molecule has 0 aliphatic heterocycles. The van der Waals surface area contributed by atoms with Gasteiger partial charge in [0.05, 0.1) is 12.1 Å². The maximum Gasteiger partial charge on any atom is 0.276 e. The molecular formula is C16H15N3O2S. The fraction of sp³-hybridized carbons (Fsp3) is 0.125. The number of carbonyl (C=O) groups is 1. The van der Waals surface area contributed by atoms with Crippen molar-refractivity contribution in [2.45, 2.75) is 11.8 Å². The number of imidazole rings is 1. The maximum absolute atomic E-state index is 12.5. The molecule has 2 N–H and O–H groups in total. The number of carbonyl (C=O) groups excluding carboxylic acids is 1. The molecule has 0 aliphatic carbocycles. The Morgan fingerprint density at radius 2 is 2.18 bits per heavy atom. The number of aromatic nitrogens is 2. The molecule has 0 fully saturated rings. The highest BCUT2D eigenvalue weighted by Gasteiger charge is 2.17. The number of thioether (sulfide) groups is 1. The summed E-state index contributed by atoms with van der Waals surface area (Å²) in [7, 11) is 0. The first kappa shape index (κ1) is 14.6. The second-order valence-electron chi connectivity index (χ2n) is 4.72. The van der Waals surface area contributed by atoms with E-state index in [-0.39, 0.29) is 12.5 Å². The van der Waals surface area contributed by atoms with Crippen molar-refractivity contribution < 1.29 is 9.90 Å². The van der Waals surface area contributed by atoms with Crippen LogP contribution in [0, 0.1) is 0 Å². The first-order valence-corrected chi connectivity index (χ1v) is 7.97. The molecule has 0 spiro atoms. The average molecular weight is 313 g/mol. The largest absolute Gasteiger partial charge is 0.392 e. The Morgan fingerprint density at radius 1 is 1.32 bits per heavy atom. The number of aliphatic hydroxyl groups excluding tert-OH is 1. The van der Waals surface area contributed by atoms with Crippen LogP contribution in [0.5, 0.6) is 0 Å². The standard InChI is InChI=1S/C16H15N3O2S/c1-22-16-18-14(13-7-2-3-8-19(13)16)15(21)17-12-6-4-5-11(9-12)10-20/h2-9,20H,10H2,1H3,(H,17,21). The van der Waals surface area contributed by atoms with Crippen LogP contribution in [-0.2, 0) is 6.61 Å². The van der Waals surface area contributed by atoms with Gasteiger partial charge in [-0.15, -0.1) is 0 Å². The zero-order valence-electron chi connectivity index (χ0n) is 12.0. The summed E-state index contributed by atoms with van der Waals surface area (Å²) in [5, 5.41) is 12.8. The molecule has 6 heteroatoms. The number of nitrogens with one attached hydrogen (secondary N) is 1. The van der Waals surface area contributed by atoms with Gasteiger partial charge in [0.15, 0.2) is 10.9 Å². The second kappa shape index (κ2) is 6.21.